The lowest BCUT2D eigenvalue weighted by molar-refractivity contribution is -0.882. The van der Waals surface area contributed by atoms with Gasteiger partial charge in [0.15, 0.2) is 6.23 Å². The summed E-state index contributed by atoms with van der Waals surface area (Å²) in [5, 5.41) is 10.2. The van der Waals surface area contributed by atoms with Crippen LogP contribution in [0, 0.1) is 0 Å². The zero-order valence-electron chi connectivity index (χ0n) is 18.6. The molecule has 158 valence electrons. The Kier molecular flexibility index (Phi) is 13.8. The van der Waals surface area contributed by atoms with Crippen molar-refractivity contribution in [1.82, 2.24) is 0 Å². The molecule has 1 N–H and O–H groups in total. The van der Waals surface area contributed by atoms with Crippen molar-refractivity contribution in [1.29, 1.82) is 0 Å². The summed E-state index contributed by atoms with van der Waals surface area (Å²) in [5.41, 5.74) is 0. The van der Waals surface area contributed by atoms with Gasteiger partial charge in [0.25, 0.3) is 0 Å². The van der Waals surface area contributed by atoms with Gasteiger partial charge < -0.3 is 5.11 Å². The molecular formula is C24H47N2O+. The molecule has 0 aromatic carbocycles. The van der Waals surface area contributed by atoms with Gasteiger partial charge in [-0.25, -0.2) is 4.99 Å². The van der Waals surface area contributed by atoms with E-state index in [1.54, 1.807) is 0 Å². The normalized spacial score (nSPS) is 21.1. The predicted octanol–water partition coefficient (Wildman–Crippen LogP) is 6.61. The maximum Gasteiger partial charge on any atom is 0.204 e. The van der Waals surface area contributed by atoms with Crippen LogP contribution >= 0.6 is 0 Å². The smallest absolute Gasteiger partial charge is 0.204 e. The molecule has 1 rings (SSSR count). The molecule has 0 radical (unpaired) electrons. The lowest BCUT2D eigenvalue weighted by Gasteiger charge is -2.35. The topological polar surface area (TPSA) is 32.6 Å². The average Bonchev–Trinajstić information content (AvgIpc) is 3.09. The summed E-state index contributed by atoms with van der Waals surface area (Å²) < 4.78 is 0.670. The monoisotopic (exact) mass is 379 g/mol. The Bertz CT molecular complexity index is 417. The van der Waals surface area contributed by atoms with Gasteiger partial charge in [-0.1, -0.05) is 89.7 Å². The number of likely N-dealkylation sites (N-methyl/N-ethyl adjacent to an activating group) is 1. The first-order valence-electron chi connectivity index (χ1n) is 11.9. The van der Waals surface area contributed by atoms with Crippen LogP contribution in [0.4, 0.5) is 0 Å². The number of hydrogen-bond acceptors (Lipinski definition) is 2. The third-order valence-electron chi connectivity index (χ3n) is 6.28. The fourth-order valence-corrected chi connectivity index (χ4v) is 4.29. The van der Waals surface area contributed by atoms with E-state index < -0.39 is 0 Å². The summed E-state index contributed by atoms with van der Waals surface area (Å²) in [6.45, 7) is 9.10. The van der Waals surface area contributed by atoms with E-state index in [1.807, 2.05) is 6.92 Å². The van der Waals surface area contributed by atoms with Gasteiger partial charge in [0.1, 0.15) is 6.54 Å². The average molecular weight is 380 g/mol. The van der Waals surface area contributed by atoms with E-state index in [9.17, 15) is 5.11 Å². The van der Waals surface area contributed by atoms with Crippen LogP contribution in [0.3, 0.4) is 0 Å². The van der Waals surface area contributed by atoms with E-state index in [2.05, 4.69) is 31.0 Å². The molecule has 0 bridgehead atoms. The quantitative estimate of drug-likeness (QED) is 0.172. The van der Waals surface area contributed by atoms with Crippen molar-refractivity contribution in [3.05, 3.63) is 12.2 Å². The summed E-state index contributed by atoms with van der Waals surface area (Å²) in [7, 11) is 0. The first-order chi connectivity index (χ1) is 13.2. The number of aliphatic hydroxyl groups is 1. The van der Waals surface area contributed by atoms with Crippen molar-refractivity contribution < 1.29 is 9.59 Å². The fraction of sp³-hybridized carbons (Fsp3) is 0.875. The number of allylic oxidation sites excluding steroid dienone is 1. The minimum Gasteiger partial charge on any atom is -0.345 e. The lowest BCUT2D eigenvalue weighted by atomic mass is 10.0. The van der Waals surface area contributed by atoms with Gasteiger partial charge in [-0.3, -0.25) is 4.48 Å². The second-order valence-corrected chi connectivity index (χ2v) is 8.36. The van der Waals surface area contributed by atoms with Crippen LogP contribution in [-0.4, -0.2) is 41.3 Å². The van der Waals surface area contributed by atoms with Gasteiger partial charge in [-0.05, 0) is 19.8 Å². The van der Waals surface area contributed by atoms with Crippen LogP contribution in [0.25, 0.3) is 0 Å². The van der Waals surface area contributed by atoms with E-state index in [4.69, 9.17) is 0 Å². The Morgan fingerprint density at radius 2 is 1.44 bits per heavy atom. The summed E-state index contributed by atoms with van der Waals surface area (Å²) in [6.07, 6.45) is 23.2. The predicted molar refractivity (Wildman–Crippen MR) is 119 cm³/mol. The molecule has 0 aromatic heterocycles. The molecule has 0 fully saturated rings. The number of quaternary nitrogens is 1. The zero-order valence-corrected chi connectivity index (χ0v) is 18.6. The minimum atomic E-state index is -0.346. The summed E-state index contributed by atoms with van der Waals surface area (Å²) in [6, 6.07) is 0. The Balaban J connectivity index is 1.97. The second kappa shape index (κ2) is 15.3. The molecule has 0 saturated carbocycles. The van der Waals surface area contributed by atoms with Gasteiger partial charge >= 0.3 is 0 Å². The Labute approximate surface area is 169 Å². The highest BCUT2D eigenvalue weighted by Crippen LogP contribution is 2.21. The van der Waals surface area contributed by atoms with Crippen molar-refractivity contribution >= 4 is 5.84 Å². The van der Waals surface area contributed by atoms with E-state index in [0.29, 0.717) is 4.48 Å². The number of amidine groups is 1. The largest absolute Gasteiger partial charge is 0.345 e. The lowest BCUT2D eigenvalue weighted by Crippen LogP contribution is -2.56. The van der Waals surface area contributed by atoms with E-state index >= 15 is 0 Å². The molecule has 1 aliphatic heterocycles. The second-order valence-electron chi connectivity index (χ2n) is 8.36. The number of hydrogen-bond donors (Lipinski definition) is 1. The standard InChI is InChI=1S/C24H47N2O/c1-4-6-7-8-9-10-11-12-13-14-15-16-17-18-19-20-24-25-21-22-26(24,5-2)23(3)27/h18-19,23,27H,4-17,20-22H2,1-3H3/q+1/b19-18+. The molecule has 2 atom stereocenters. The molecule has 0 amide bonds. The summed E-state index contributed by atoms with van der Waals surface area (Å²) in [5.74, 6) is 1.17. The summed E-state index contributed by atoms with van der Waals surface area (Å²) >= 11 is 0. The van der Waals surface area contributed by atoms with E-state index in [-0.39, 0.29) is 6.23 Å². The van der Waals surface area contributed by atoms with Crippen LogP contribution < -0.4 is 0 Å². The van der Waals surface area contributed by atoms with Gasteiger partial charge in [-0.2, -0.15) is 0 Å². The first kappa shape index (κ1) is 24.4. The number of nitrogens with zero attached hydrogens (tertiary/aromatic N) is 2. The zero-order chi connectivity index (χ0) is 19.8. The third-order valence-corrected chi connectivity index (χ3v) is 6.28. The van der Waals surface area contributed by atoms with Crippen LogP contribution in [0.15, 0.2) is 17.1 Å². The SMILES string of the molecule is CCCCCCCCCCCCCC/C=C/CC1=NCC[N+]1(CC)C(C)O. The highest BCUT2D eigenvalue weighted by atomic mass is 16.3. The van der Waals surface area contributed by atoms with Crippen molar-refractivity contribution in [3.8, 4) is 0 Å². The number of unbranched alkanes of at least 4 members (excludes halogenated alkanes) is 12. The molecule has 0 aliphatic carbocycles. The van der Waals surface area contributed by atoms with Gasteiger partial charge in [0.05, 0.1) is 19.5 Å². The molecule has 0 spiro atoms. The van der Waals surface area contributed by atoms with Crippen LogP contribution in [-0.2, 0) is 0 Å². The molecule has 27 heavy (non-hydrogen) atoms. The van der Waals surface area contributed by atoms with Gasteiger partial charge in [0, 0.05) is 6.92 Å². The molecule has 0 aromatic rings. The number of aliphatic imine (C=N–C) groups is 1. The van der Waals surface area contributed by atoms with Gasteiger partial charge in [-0.15, -0.1) is 0 Å². The molecule has 3 heteroatoms. The highest BCUT2D eigenvalue weighted by Gasteiger charge is 2.39. The molecule has 1 aliphatic rings. The Morgan fingerprint density at radius 1 is 0.889 bits per heavy atom. The third kappa shape index (κ3) is 9.38. The fourth-order valence-electron chi connectivity index (χ4n) is 4.29. The maximum absolute atomic E-state index is 10.2. The van der Waals surface area contributed by atoms with E-state index in [1.165, 1.54) is 89.3 Å². The molecule has 1 heterocycles. The maximum atomic E-state index is 10.2. The summed E-state index contributed by atoms with van der Waals surface area (Å²) in [4.78, 5) is 4.66. The van der Waals surface area contributed by atoms with Crippen molar-refractivity contribution in [2.24, 2.45) is 4.99 Å². The number of rotatable bonds is 17. The Morgan fingerprint density at radius 3 is 1.96 bits per heavy atom. The highest BCUT2D eigenvalue weighted by molar-refractivity contribution is 5.78. The molecule has 2 unspecified atom stereocenters. The molecule has 3 nitrogen and oxygen atoms in total. The molecule has 0 saturated heterocycles. The van der Waals surface area contributed by atoms with Crippen molar-refractivity contribution in [2.45, 2.75) is 117 Å². The van der Waals surface area contributed by atoms with E-state index in [0.717, 1.165) is 26.1 Å². The van der Waals surface area contributed by atoms with Crippen LogP contribution in [0.2, 0.25) is 0 Å². The van der Waals surface area contributed by atoms with Crippen LogP contribution in [0.5, 0.6) is 0 Å². The van der Waals surface area contributed by atoms with Gasteiger partial charge in [0.2, 0.25) is 5.84 Å². The number of aliphatic hydroxyl groups excluding tert-OH is 1. The van der Waals surface area contributed by atoms with Crippen molar-refractivity contribution in [3.63, 3.8) is 0 Å². The minimum absolute atomic E-state index is 0.346. The molecular weight excluding hydrogens is 332 g/mol. The first-order valence-corrected chi connectivity index (χ1v) is 11.9. The Hall–Kier alpha value is -0.670. The van der Waals surface area contributed by atoms with Crippen LogP contribution in [0.1, 0.15) is 111 Å². The van der Waals surface area contributed by atoms with Crippen molar-refractivity contribution in [2.75, 3.05) is 19.6 Å².